The zero-order chi connectivity index (χ0) is 13.4. The predicted molar refractivity (Wildman–Crippen MR) is 66.2 cm³/mol. The van der Waals surface area contributed by atoms with Gasteiger partial charge in [0.1, 0.15) is 0 Å². The second-order valence-electron chi connectivity index (χ2n) is 4.60. The van der Waals surface area contributed by atoms with E-state index in [-0.39, 0.29) is 22.4 Å². The SMILES string of the molecule is CC1(NC(=O)c2ccc(Cl)nn2)CCS(=O)(=O)C1. The molecule has 0 spiro atoms. The third-order valence-electron chi connectivity index (χ3n) is 2.78. The van der Waals surface area contributed by atoms with Crippen molar-refractivity contribution in [3.05, 3.63) is 23.0 Å². The Morgan fingerprint density at radius 3 is 2.67 bits per heavy atom. The number of sulfone groups is 1. The van der Waals surface area contributed by atoms with Gasteiger partial charge in [0.2, 0.25) is 0 Å². The number of aromatic nitrogens is 2. The van der Waals surface area contributed by atoms with Gasteiger partial charge in [-0.1, -0.05) is 11.6 Å². The number of nitrogens with one attached hydrogen (secondary N) is 1. The molecule has 1 aromatic rings. The number of carbonyl (C=O) groups is 1. The normalized spacial score (nSPS) is 25.9. The quantitative estimate of drug-likeness (QED) is 0.853. The Bertz CT molecular complexity index is 573. The van der Waals surface area contributed by atoms with E-state index < -0.39 is 21.3 Å². The van der Waals surface area contributed by atoms with E-state index in [4.69, 9.17) is 11.6 Å². The lowest BCUT2D eigenvalue weighted by atomic mass is 10.0. The summed E-state index contributed by atoms with van der Waals surface area (Å²) < 4.78 is 22.8. The van der Waals surface area contributed by atoms with Gasteiger partial charge in [-0.15, -0.1) is 10.2 Å². The summed E-state index contributed by atoms with van der Waals surface area (Å²) in [4.78, 5) is 11.9. The van der Waals surface area contributed by atoms with Gasteiger partial charge in [0, 0.05) is 0 Å². The van der Waals surface area contributed by atoms with Crippen molar-refractivity contribution in [3.8, 4) is 0 Å². The van der Waals surface area contributed by atoms with Crippen LogP contribution in [0.4, 0.5) is 0 Å². The summed E-state index contributed by atoms with van der Waals surface area (Å²) in [5.74, 6) is -0.401. The molecule has 2 heterocycles. The number of hydrogen-bond donors (Lipinski definition) is 1. The fourth-order valence-electron chi connectivity index (χ4n) is 1.88. The molecule has 0 aromatic carbocycles. The first kappa shape index (κ1) is 13.2. The van der Waals surface area contributed by atoms with E-state index in [1.807, 2.05) is 0 Å². The number of amides is 1. The van der Waals surface area contributed by atoms with Crippen molar-refractivity contribution in [1.29, 1.82) is 0 Å². The third kappa shape index (κ3) is 2.97. The Morgan fingerprint density at radius 1 is 1.44 bits per heavy atom. The molecule has 0 bridgehead atoms. The fraction of sp³-hybridized carbons (Fsp3) is 0.500. The minimum absolute atomic E-state index is 0.0489. The number of halogens is 1. The minimum Gasteiger partial charge on any atom is -0.344 e. The molecule has 18 heavy (non-hydrogen) atoms. The van der Waals surface area contributed by atoms with Gasteiger partial charge >= 0.3 is 0 Å². The lowest BCUT2D eigenvalue weighted by Crippen LogP contribution is -2.47. The van der Waals surface area contributed by atoms with Gasteiger partial charge < -0.3 is 5.32 Å². The summed E-state index contributed by atoms with van der Waals surface area (Å²) in [5, 5.41) is 10.1. The largest absolute Gasteiger partial charge is 0.344 e. The lowest BCUT2D eigenvalue weighted by Gasteiger charge is -2.23. The Hall–Kier alpha value is -1.21. The molecule has 1 amide bonds. The van der Waals surface area contributed by atoms with Gasteiger partial charge in [-0.2, -0.15) is 0 Å². The van der Waals surface area contributed by atoms with Crippen LogP contribution in [0, 0.1) is 0 Å². The average Bonchev–Trinajstić information content (AvgIpc) is 2.53. The molecule has 1 atom stereocenters. The van der Waals surface area contributed by atoms with Gasteiger partial charge in [0.25, 0.3) is 5.91 Å². The summed E-state index contributed by atoms with van der Waals surface area (Å²) in [6.45, 7) is 1.71. The molecule has 1 N–H and O–H groups in total. The average molecular weight is 290 g/mol. The van der Waals surface area contributed by atoms with Crippen molar-refractivity contribution < 1.29 is 13.2 Å². The van der Waals surface area contributed by atoms with Crippen LogP contribution in [-0.4, -0.2) is 41.6 Å². The maximum Gasteiger partial charge on any atom is 0.272 e. The molecular formula is C10H12ClN3O3S. The molecule has 1 aliphatic heterocycles. The molecule has 2 rings (SSSR count). The highest BCUT2D eigenvalue weighted by molar-refractivity contribution is 7.91. The Morgan fingerprint density at radius 2 is 2.17 bits per heavy atom. The predicted octanol–water partition coefficient (Wildman–Crippen LogP) is 0.437. The van der Waals surface area contributed by atoms with E-state index in [1.165, 1.54) is 12.1 Å². The Kier molecular flexibility index (Phi) is 3.29. The maximum atomic E-state index is 11.9. The smallest absolute Gasteiger partial charge is 0.272 e. The summed E-state index contributed by atoms with van der Waals surface area (Å²) >= 11 is 5.57. The third-order valence-corrected chi connectivity index (χ3v) is 4.89. The molecule has 0 aliphatic carbocycles. The van der Waals surface area contributed by atoms with Crippen LogP contribution < -0.4 is 5.32 Å². The molecule has 8 heteroatoms. The molecular weight excluding hydrogens is 278 g/mol. The monoisotopic (exact) mass is 289 g/mol. The maximum absolute atomic E-state index is 11.9. The van der Waals surface area contributed by atoms with E-state index in [9.17, 15) is 13.2 Å². The minimum atomic E-state index is -3.06. The van der Waals surface area contributed by atoms with E-state index in [0.717, 1.165) is 0 Å². The van der Waals surface area contributed by atoms with Gasteiger partial charge in [-0.05, 0) is 25.5 Å². The van der Waals surface area contributed by atoms with Crippen LogP contribution in [0.3, 0.4) is 0 Å². The second kappa shape index (κ2) is 4.47. The molecule has 1 aliphatic rings. The second-order valence-corrected chi connectivity index (χ2v) is 7.17. The highest BCUT2D eigenvalue weighted by atomic mass is 35.5. The van der Waals surface area contributed by atoms with Crippen molar-refractivity contribution in [1.82, 2.24) is 15.5 Å². The van der Waals surface area contributed by atoms with Crippen molar-refractivity contribution >= 4 is 27.3 Å². The highest BCUT2D eigenvalue weighted by Gasteiger charge is 2.39. The number of nitrogens with zero attached hydrogens (tertiary/aromatic N) is 2. The van der Waals surface area contributed by atoms with Crippen LogP contribution in [0.1, 0.15) is 23.8 Å². The fourth-order valence-corrected chi connectivity index (χ4v) is 4.08. The number of rotatable bonds is 2. The van der Waals surface area contributed by atoms with Crippen molar-refractivity contribution in [2.24, 2.45) is 0 Å². The summed E-state index contributed by atoms with van der Waals surface area (Å²) in [6, 6.07) is 2.90. The summed E-state index contributed by atoms with van der Waals surface area (Å²) in [6.07, 6.45) is 0.405. The van der Waals surface area contributed by atoms with Gasteiger partial charge in [0.15, 0.2) is 20.7 Å². The Labute approximate surface area is 110 Å². The van der Waals surface area contributed by atoms with E-state index in [2.05, 4.69) is 15.5 Å². The van der Waals surface area contributed by atoms with Gasteiger partial charge in [0.05, 0.1) is 17.0 Å². The molecule has 0 saturated carbocycles. The standard InChI is InChI=1S/C10H12ClN3O3S/c1-10(4-5-18(16,17)6-10)12-9(15)7-2-3-8(11)14-13-7/h2-3H,4-6H2,1H3,(H,12,15). The van der Waals surface area contributed by atoms with E-state index in [1.54, 1.807) is 6.92 Å². The highest BCUT2D eigenvalue weighted by Crippen LogP contribution is 2.23. The van der Waals surface area contributed by atoms with Crippen LogP contribution in [0.2, 0.25) is 5.15 Å². The van der Waals surface area contributed by atoms with Crippen LogP contribution in [0.15, 0.2) is 12.1 Å². The van der Waals surface area contributed by atoms with Crippen molar-refractivity contribution in [2.75, 3.05) is 11.5 Å². The molecule has 0 radical (unpaired) electrons. The van der Waals surface area contributed by atoms with Crippen molar-refractivity contribution in [3.63, 3.8) is 0 Å². The summed E-state index contributed by atoms with van der Waals surface area (Å²) in [5.41, 5.74) is -0.623. The number of carbonyl (C=O) groups excluding carboxylic acids is 1. The molecule has 1 unspecified atom stereocenters. The van der Waals surface area contributed by atoms with E-state index >= 15 is 0 Å². The lowest BCUT2D eigenvalue weighted by molar-refractivity contribution is 0.0909. The first-order valence-corrected chi connectivity index (χ1v) is 7.52. The molecule has 98 valence electrons. The molecule has 1 aromatic heterocycles. The first-order chi connectivity index (χ1) is 8.30. The molecule has 1 fully saturated rings. The molecule has 6 nitrogen and oxygen atoms in total. The topological polar surface area (TPSA) is 89.0 Å². The van der Waals surface area contributed by atoms with Crippen LogP contribution in [0.5, 0.6) is 0 Å². The van der Waals surface area contributed by atoms with Crippen LogP contribution >= 0.6 is 11.6 Å². The van der Waals surface area contributed by atoms with Crippen molar-refractivity contribution in [2.45, 2.75) is 18.9 Å². The van der Waals surface area contributed by atoms with Gasteiger partial charge in [-0.25, -0.2) is 8.42 Å². The van der Waals surface area contributed by atoms with Crippen LogP contribution in [0.25, 0.3) is 0 Å². The first-order valence-electron chi connectivity index (χ1n) is 5.32. The van der Waals surface area contributed by atoms with Crippen LogP contribution in [-0.2, 0) is 9.84 Å². The number of hydrogen-bond acceptors (Lipinski definition) is 5. The Balaban J connectivity index is 2.10. The van der Waals surface area contributed by atoms with Gasteiger partial charge in [-0.3, -0.25) is 4.79 Å². The molecule has 1 saturated heterocycles. The zero-order valence-corrected chi connectivity index (χ0v) is 11.3. The summed E-state index contributed by atoms with van der Waals surface area (Å²) in [7, 11) is -3.06. The van der Waals surface area contributed by atoms with E-state index in [0.29, 0.717) is 6.42 Å². The zero-order valence-electron chi connectivity index (χ0n) is 9.68.